The summed E-state index contributed by atoms with van der Waals surface area (Å²) in [6.07, 6.45) is 4.56. The average Bonchev–Trinajstić information content (AvgIpc) is 3.38. The van der Waals surface area contributed by atoms with Crippen molar-refractivity contribution in [2.75, 3.05) is 27.3 Å². The summed E-state index contributed by atoms with van der Waals surface area (Å²) in [5.74, 6) is 2.93. The molecule has 0 radical (unpaired) electrons. The van der Waals surface area contributed by atoms with Crippen LogP contribution in [0.2, 0.25) is 0 Å². The summed E-state index contributed by atoms with van der Waals surface area (Å²) < 4.78 is 12.9. The molecular weight excluding hydrogens is 380 g/mol. The molecule has 1 atom stereocenters. The van der Waals surface area contributed by atoms with Gasteiger partial charge in [0.1, 0.15) is 5.82 Å². The van der Waals surface area contributed by atoms with Crippen molar-refractivity contribution in [3.05, 3.63) is 48.0 Å². The third-order valence-corrected chi connectivity index (χ3v) is 5.60. The van der Waals surface area contributed by atoms with Gasteiger partial charge in [-0.2, -0.15) is 0 Å². The maximum atomic E-state index is 13.1. The van der Waals surface area contributed by atoms with Crippen LogP contribution in [0, 0.1) is 5.92 Å². The van der Waals surface area contributed by atoms with Crippen LogP contribution in [-0.2, 0) is 6.54 Å². The van der Waals surface area contributed by atoms with E-state index >= 15 is 0 Å². The zero-order valence-electron chi connectivity index (χ0n) is 18.0. The zero-order chi connectivity index (χ0) is 21.3. The Hall–Kier alpha value is -3.09. The van der Waals surface area contributed by atoms with Gasteiger partial charge >= 0.3 is 0 Å². The fourth-order valence-electron chi connectivity index (χ4n) is 4.16. The normalized spacial score (nSPS) is 16.4. The van der Waals surface area contributed by atoms with Crippen LogP contribution >= 0.6 is 0 Å². The first-order valence-corrected chi connectivity index (χ1v) is 10.3. The third kappa shape index (κ3) is 3.72. The van der Waals surface area contributed by atoms with Gasteiger partial charge in [-0.05, 0) is 36.6 Å². The van der Waals surface area contributed by atoms with Gasteiger partial charge in [-0.25, -0.2) is 4.98 Å². The Morgan fingerprint density at radius 3 is 2.73 bits per heavy atom. The van der Waals surface area contributed by atoms with E-state index in [-0.39, 0.29) is 11.8 Å². The van der Waals surface area contributed by atoms with Crippen molar-refractivity contribution in [1.82, 2.24) is 19.4 Å². The SMILES string of the molecule is COc1ccc(C(=O)N2CC[C@H](c3nc4ccncc4n3CC(C)C)C2)cc1OC. The number of carbonyl (C=O) groups is 1. The fraction of sp³-hybridized carbons (Fsp3) is 0.435. The molecule has 1 amide bonds. The molecule has 30 heavy (non-hydrogen) atoms. The summed E-state index contributed by atoms with van der Waals surface area (Å²) in [6.45, 7) is 6.65. The first kappa shape index (κ1) is 20.2. The van der Waals surface area contributed by atoms with Crippen LogP contribution in [-0.4, -0.2) is 52.7 Å². The Morgan fingerprint density at radius 2 is 2.00 bits per heavy atom. The number of benzene rings is 1. The number of hydrogen-bond acceptors (Lipinski definition) is 5. The second-order valence-electron chi connectivity index (χ2n) is 8.15. The maximum absolute atomic E-state index is 13.1. The van der Waals surface area contributed by atoms with Crippen molar-refractivity contribution in [3.63, 3.8) is 0 Å². The molecule has 0 aliphatic carbocycles. The van der Waals surface area contributed by atoms with Gasteiger partial charge in [0.25, 0.3) is 5.91 Å². The molecule has 1 aliphatic heterocycles. The number of imidazole rings is 1. The van der Waals surface area contributed by atoms with Crippen LogP contribution in [0.3, 0.4) is 0 Å². The van der Waals surface area contributed by atoms with E-state index in [1.807, 2.05) is 17.2 Å². The highest BCUT2D eigenvalue weighted by atomic mass is 16.5. The first-order valence-electron chi connectivity index (χ1n) is 10.3. The molecule has 3 aromatic rings. The Balaban J connectivity index is 1.58. The standard InChI is InChI=1S/C23H28N4O3/c1-15(2)13-27-19-12-24-9-7-18(19)25-22(27)17-8-10-26(14-17)23(28)16-5-6-20(29-3)21(11-16)30-4/h5-7,9,11-12,15,17H,8,10,13-14H2,1-4H3/t17-/m0/s1. The topological polar surface area (TPSA) is 69.5 Å². The van der Waals surface area contributed by atoms with Gasteiger partial charge < -0.3 is 18.9 Å². The molecule has 0 N–H and O–H groups in total. The minimum atomic E-state index is 0.00615. The number of ether oxygens (including phenoxy) is 2. The van der Waals surface area contributed by atoms with Crippen LogP contribution in [0.25, 0.3) is 11.0 Å². The Bertz CT molecular complexity index is 1060. The Labute approximate surface area is 176 Å². The Morgan fingerprint density at radius 1 is 1.20 bits per heavy atom. The van der Waals surface area contributed by atoms with Crippen molar-refractivity contribution >= 4 is 16.9 Å². The number of likely N-dealkylation sites (tertiary alicyclic amines) is 1. The number of hydrogen-bond donors (Lipinski definition) is 0. The van der Waals surface area contributed by atoms with Crippen LogP contribution in [0.5, 0.6) is 11.5 Å². The number of aromatic nitrogens is 3. The number of carbonyl (C=O) groups excluding carboxylic acids is 1. The molecule has 7 heteroatoms. The lowest BCUT2D eigenvalue weighted by molar-refractivity contribution is 0.0790. The van der Waals surface area contributed by atoms with Gasteiger partial charge in [-0.15, -0.1) is 0 Å². The van der Waals surface area contributed by atoms with Gasteiger partial charge in [-0.3, -0.25) is 9.78 Å². The highest BCUT2D eigenvalue weighted by molar-refractivity contribution is 5.95. The van der Waals surface area contributed by atoms with E-state index in [0.29, 0.717) is 36.1 Å². The lowest BCUT2D eigenvalue weighted by Crippen LogP contribution is -2.28. The number of methoxy groups -OCH3 is 2. The number of rotatable bonds is 6. The van der Waals surface area contributed by atoms with Gasteiger partial charge in [-0.1, -0.05) is 13.8 Å². The van der Waals surface area contributed by atoms with E-state index in [0.717, 1.165) is 29.8 Å². The third-order valence-electron chi connectivity index (χ3n) is 5.60. The predicted octanol–water partition coefficient (Wildman–Crippen LogP) is 3.73. The van der Waals surface area contributed by atoms with E-state index in [2.05, 4.69) is 23.4 Å². The van der Waals surface area contributed by atoms with Crippen LogP contribution in [0.4, 0.5) is 0 Å². The van der Waals surface area contributed by atoms with Crippen molar-refractivity contribution in [2.24, 2.45) is 5.92 Å². The highest BCUT2D eigenvalue weighted by Crippen LogP contribution is 2.32. The van der Waals surface area contributed by atoms with Crippen LogP contribution < -0.4 is 9.47 Å². The molecule has 158 valence electrons. The van der Waals surface area contributed by atoms with E-state index in [9.17, 15) is 4.79 Å². The summed E-state index contributed by atoms with van der Waals surface area (Å²) in [6, 6.07) is 7.26. The van der Waals surface area contributed by atoms with Crippen molar-refractivity contribution in [2.45, 2.75) is 32.7 Å². The fourth-order valence-corrected chi connectivity index (χ4v) is 4.16. The molecule has 3 heterocycles. The summed E-state index contributed by atoms with van der Waals surface area (Å²) in [7, 11) is 3.16. The molecule has 4 rings (SSSR count). The molecule has 1 fully saturated rings. The Kier molecular flexibility index (Phi) is 5.61. The molecule has 1 aliphatic rings. The van der Waals surface area contributed by atoms with Crippen molar-refractivity contribution in [3.8, 4) is 11.5 Å². The number of amides is 1. The number of pyridine rings is 1. The summed E-state index contributed by atoms with van der Waals surface area (Å²) in [5.41, 5.74) is 2.63. The highest BCUT2D eigenvalue weighted by Gasteiger charge is 2.32. The molecular formula is C23H28N4O3. The largest absolute Gasteiger partial charge is 0.493 e. The van der Waals surface area contributed by atoms with E-state index in [1.54, 1.807) is 38.6 Å². The molecule has 0 spiro atoms. The molecule has 0 saturated carbocycles. The molecule has 1 saturated heterocycles. The molecule has 0 bridgehead atoms. The monoisotopic (exact) mass is 408 g/mol. The molecule has 0 unspecified atom stereocenters. The van der Waals surface area contributed by atoms with Crippen LogP contribution in [0.1, 0.15) is 42.4 Å². The smallest absolute Gasteiger partial charge is 0.254 e. The summed E-state index contributed by atoms with van der Waals surface area (Å²) in [4.78, 5) is 24.2. The van der Waals surface area contributed by atoms with Crippen molar-refractivity contribution < 1.29 is 14.3 Å². The number of nitrogens with zero attached hydrogens (tertiary/aromatic N) is 4. The minimum absolute atomic E-state index is 0.00615. The van der Waals surface area contributed by atoms with Gasteiger partial charge in [0.2, 0.25) is 0 Å². The van der Waals surface area contributed by atoms with E-state index in [1.165, 1.54) is 0 Å². The maximum Gasteiger partial charge on any atom is 0.254 e. The summed E-state index contributed by atoms with van der Waals surface area (Å²) in [5, 5.41) is 0. The predicted molar refractivity (Wildman–Crippen MR) is 115 cm³/mol. The second kappa shape index (κ2) is 8.34. The van der Waals surface area contributed by atoms with Gasteiger partial charge in [0, 0.05) is 37.3 Å². The van der Waals surface area contributed by atoms with Crippen LogP contribution in [0.15, 0.2) is 36.7 Å². The van der Waals surface area contributed by atoms with Gasteiger partial charge in [0.05, 0.1) is 31.4 Å². The summed E-state index contributed by atoms with van der Waals surface area (Å²) >= 11 is 0. The van der Waals surface area contributed by atoms with Crippen molar-refractivity contribution in [1.29, 1.82) is 0 Å². The molecule has 2 aromatic heterocycles. The van der Waals surface area contributed by atoms with E-state index < -0.39 is 0 Å². The zero-order valence-corrected chi connectivity index (χ0v) is 18.0. The second-order valence-corrected chi connectivity index (χ2v) is 8.15. The molecule has 1 aromatic carbocycles. The van der Waals surface area contributed by atoms with E-state index in [4.69, 9.17) is 14.5 Å². The average molecular weight is 409 g/mol. The number of fused-ring (bicyclic) bond motifs is 1. The minimum Gasteiger partial charge on any atom is -0.493 e. The van der Waals surface area contributed by atoms with Gasteiger partial charge in [0.15, 0.2) is 11.5 Å². The quantitative estimate of drug-likeness (QED) is 0.622. The lowest BCUT2D eigenvalue weighted by atomic mass is 10.1. The first-order chi connectivity index (χ1) is 14.5. The molecule has 7 nitrogen and oxygen atoms in total. The lowest BCUT2D eigenvalue weighted by Gasteiger charge is -2.19.